The van der Waals surface area contributed by atoms with Crippen LogP contribution >= 0.6 is 15.9 Å². The summed E-state index contributed by atoms with van der Waals surface area (Å²) in [7, 11) is 1.41. The molecule has 1 amide bonds. The molecule has 1 aromatic rings. The van der Waals surface area contributed by atoms with Gasteiger partial charge < -0.3 is 10.1 Å². The first-order valence-electron chi connectivity index (χ1n) is 5.58. The third-order valence-electron chi connectivity index (χ3n) is 2.51. The summed E-state index contributed by atoms with van der Waals surface area (Å²) in [6, 6.07) is 4.31. The highest BCUT2D eigenvalue weighted by Crippen LogP contribution is 2.22. The van der Waals surface area contributed by atoms with Crippen LogP contribution in [-0.2, 0) is 0 Å². The Labute approximate surface area is 115 Å². The standard InChI is InChI=1S/C13H17BrFNO2/c1-13(2,7-14)8-16-12(17)11-9(15)5-4-6-10(11)18-3/h4-6H,7-8H2,1-3H3,(H,16,17). The van der Waals surface area contributed by atoms with E-state index in [1.54, 1.807) is 6.07 Å². The third kappa shape index (κ3) is 3.70. The van der Waals surface area contributed by atoms with Crippen LogP contribution in [0.15, 0.2) is 18.2 Å². The Kier molecular flexibility index (Phi) is 5.14. The van der Waals surface area contributed by atoms with Gasteiger partial charge in [0.25, 0.3) is 5.91 Å². The molecule has 0 atom stereocenters. The van der Waals surface area contributed by atoms with Gasteiger partial charge in [-0.2, -0.15) is 0 Å². The quantitative estimate of drug-likeness (QED) is 0.848. The van der Waals surface area contributed by atoms with Gasteiger partial charge in [0.15, 0.2) is 0 Å². The second kappa shape index (κ2) is 6.18. The van der Waals surface area contributed by atoms with Crippen LogP contribution in [0, 0.1) is 11.2 Å². The summed E-state index contributed by atoms with van der Waals surface area (Å²) < 4.78 is 18.6. The molecule has 0 saturated heterocycles. The minimum Gasteiger partial charge on any atom is -0.496 e. The van der Waals surface area contributed by atoms with E-state index in [0.29, 0.717) is 6.54 Å². The molecule has 0 aliphatic carbocycles. The Morgan fingerprint density at radius 2 is 2.17 bits per heavy atom. The van der Waals surface area contributed by atoms with Gasteiger partial charge in [-0.3, -0.25) is 4.79 Å². The van der Waals surface area contributed by atoms with E-state index in [9.17, 15) is 9.18 Å². The zero-order valence-corrected chi connectivity index (χ0v) is 12.3. The lowest BCUT2D eigenvalue weighted by Gasteiger charge is -2.22. The molecule has 0 bridgehead atoms. The summed E-state index contributed by atoms with van der Waals surface area (Å²) in [5.41, 5.74) is -0.140. The van der Waals surface area contributed by atoms with Crippen LogP contribution in [0.4, 0.5) is 4.39 Å². The molecule has 0 unspecified atom stereocenters. The summed E-state index contributed by atoms with van der Waals surface area (Å²) in [5.74, 6) is -0.799. The lowest BCUT2D eigenvalue weighted by molar-refractivity contribution is 0.0933. The van der Waals surface area contributed by atoms with E-state index in [1.807, 2.05) is 13.8 Å². The fourth-order valence-electron chi connectivity index (χ4n) is 1.35. The predicted molar refractivity (Wildman–Crippen MR) is 72.9 cm³/mol. The van der Waals surface area contributed by atoms with Crippen molar-refractivity contribution in [1.82, 2.24) is 5.32 Å². The highest BCUT2D eigenvalue weighted by molar-refractivity contribution is 9.09. The normalized spacial score (nSPS) is 11.2. The largest absolute Gasteiger partial charge is 0.496 e. The van der Waals surface area contributed by atoms with Gasteiger partial charge >= 0.3 is 0 Å². The third-order valence-corrected chi connectivity index (χ3v) is 4.03. The summed E-state index contributed by atoms with van der Waals surface area (Å²) in [4.78, 5) is 12.0. The number of benzene rings is 1. The highest BCUT2D eigenvalue weighted by Gasteiger charge is 2.21. The molecular weight excluding hydrogens is 301 g/mol. The van der Waals surface area contributed by atoms with Crippen molar-refractivity contribution in [2.45, 2.75) is 13.8 Å². The van der Waals surface area contributed by atoms with E-state index in [2.05, 4.69) is 21.2 Å². The van der Waals surface area contributed by atoms with E-state index in [4.69, 9.17) is 4.74 Å². The first-order chi connectivity index (χ1) is 8.41. The molecule has 0 saturated carbocycles. The van der Waals surface area contributed by atoms with E-state index in [0.717, 1.165) is 5.33 Å². The van der Waals surface area contributed by atoms with Crippen molar-refractivity contribution in [1.29, 1.82) is 0 Å². The molecule has 0 heterocycles. The molecule has 0 spiro atoms. The minimum absolute atomic E-state index is 0.0506. The summed E-state index contributed by atoms with van der Waals surface area (Å²) in [5, 5.41) is 3.46. The van der Waals surface area contributed by atoms with Gasteiger partial charge in [-0.1, -0.05) is 35.8 Å². The number of amides is 1. The van der Waals surface area contributed by atoms with Gasteiger partial charge in [0.05, 0.1) is 7.11 Å². The Bertz CT molecular complexity index is 435. The number of methoxy groups -OCH3 is 1. The molecule has 0 radical (unpaired) electrons. The minimum atomic E-state index is -0.580. The number of ether oxygens (including phenoxy) is 1. The zero-order chi connectivity index (χ0) is 13.8. The Hall–Kier alpha value is -1.10. The smallest absolute Gasteiger partial charge is 0.258 e. The molecule has 0 aromatic heterocycles. The summed E-state index contributed by atoms with van der Waals surface area (Å²) in [6.45, 7) is 4.45. The van der Waals surface area contributed by atoms with Gasteiger partial charge in [-0.05, 0) is 17.5 Å². The van der Waals surface area contributed by atoms with Crippen LogP contribution in [0.1, 0.15) is 24.2 Å². The van der Waals surface area contributed by atoms with Crippen LogP contribution in [0.2, 0.25) is 0 Å². The number of hydrogen-bond donors (Lipinski definition) is 1. The van der Waals surface area contributed by atoms with Crippen molar-refractivity contribution in [2.75, 3.05) is 19.0 Å². The van der Waals surface area contributed by atoms with E-state index in [-0.39, 0.29) is 16.7 Å². The van der Waals surface area contributed by atoms with Gasteiger partial charge in [0, 0.05) is 11.9 Å². The number of hydrogen-bond acceptors (Lipinski definition) is 2. The maximum atomic E-state index is 13.6. The molecule has 18 heavy (non-hydrogen) atoms. The molecule has 5 heteroatoms. The van der Waals surface area contributed by atoms with Gasteiger partial charge in [0.2, 0.25) is 0 Å². The topological polar surface area (TPSA) is 38.3 Å². The fourth-order valence-corrected chi connectivity index (χ4v) is 1.55. The van der Waals surface area contributed by atoms with Crippen molar-refractivity contribution in [3.63, 3.8) is 0 Å². The lowest BCUT2D eigenvalue weighted by Crippen LogP contribution is -2.35. The number of carbonyl (C=O) groups is 1. The average Bonchev–Trinajstić information content (AvgIpc) is 2.35. The van der Waals surface area contributed by atoms with Crippen molar-refractivity contribution in [3.05, 3.63) is 29.6 Å². The molecule has 1 aromatic carbocycles. The number of carbonyl (C=O) groups excluding carboxylic acids is 1. The van der Waals surface area contributed by atoms with Gasteiger partial charge in [-0.25, -0.2) is 4.39 Å². The fraction of sp³-hybridized carbons (Fsp3) is 0.462. The Morgan fingerprint density at radius 3 is 2.72 bits per heavy atom. The van der Waals surface area contributed by atoms with Crippen LogP contribution in [0.25, 0.3) is 0 Å². The van der Waals surface area contributed by atoms with Crippen molar-refractivity contribution in [2.24, 2.45) is 5.41 Å². The van der Waals surface area contributed by atoms with Crippen LogP contribution < -0.4 is 10.1 Å². The number of halogens is 2. The lowest BCUT2D eigenvalue weighted by atomic mass is 9.96. The summed E-state index contributed by atoms with van der Waals surface area (Å²) >= 11 is 3.37. The van der Waals surface area contributed by atoms with Crippen LogP contribution in [0.5, 0.6) is 5.75 Å². The first-order valence-corrected chi connectivity index (χ1v) is 6.70. The number of alkyl halides is 1. The van der Waals surface area contributed by atoms with Gasteiger partial charge in [-0.15, -0.1) is 0 Å². The van der Waals surface area contributed by atoms with E-state index in [1.165, 1.54) is 19.2 Å². The molecule has 0 aliphatic heterocycles. The first kappa shape index (κ1) is 15.0. The zero-order valence-electron chi connectivity index (χ0n) is 10.7. The summed E-state index contributed by atoms with van der Waals surface area (Å²) in [6.07, 6.45) is 0. The predicted octanol–water partition coefficient (Wildman–Crippen LogP) is 2.99. The molecule has 3 nitrogen and oxygen atoms in total. The van der Waals surface area contributed by atoms with E-state index < -0.39 is 11.7 Å². The second-order valence-corrected chi connectivity index (χ2v) is 5.36. The van der Waals surface area contributed by atoms with Crippen molar-refractivity contribution in [3.8, 4) is 5.75 Å². The molecule has 1 N–H and O–H groups in total. The SMILES string of the molecule is COc1cccc(F)c1C(=O)NCC(C)(C)CBr. The molecule has 0 aliphatic rings. The Balaban J connectivity index is 2.85. The molecular formula is C13H17BrFNO2. The monoisotopic (exact) mass is 317 g/mol. The highest BCUT2D eigenvalue weighted by atomic mass is 79.9. The van der Waals surface area contributed by atoms with Crippen LogP contribution in [0.3, 0.4) is 0 Å². The van der Waals surface area contributed by atoms with E-state index >= 15 is 0 Å². The molecule has 100 valence electrons. The maximum Gasteiger partial charge on any atom is 0.258 e. The average molecular weight is 318 g/mol. The number of nitrogens with one attached hydrogen (secondary N) is 1. The second-order valence-electron chi connectivity index (χ2n) is 4.80. The van der Waals surface area contributed by atoms with Gasteiger partial charge in [0.1, 0.15) is 17.1 Å². The molecule has 1 rings (SSSR count). The molecule has 0 fully saturated rings. The van der Waals surface area contributed by atoms with Crippen molar-refractivity contribution < 1.29 is 13.9 Å². The van der Waals surface area contributed by atoms with Crippen molar-refractivity contribution >= 4 is 21.8 Å². The maximum absolute atomic E-state index is 13.6. The Morgan fingerprint density at radius 1 is 1.50 bits per heavy atom. The number of rotatable bonds is 5. The van der Waals surface area contributed by atoms with Crippen LogP contribution in [-0.4, -0.2) is 24.9 Å².